The van der Waals surface area contributed by atoms with Crippen molar-refractivity contribution >= 4 is 22.9 Å². The zero-order valence-corrected chi connectivity index (χ0v) is 12.6. The number of aromatic amines is 1. The maximum atomic E-state index is 12.1. The molecular weight excluding hydrogens is 300 g/mol. The van der Waals surface area contributed by atoms with Gasteiger partial charge in [0.15, 0.2) is 5.66 Å². The molecule has 0 aromatic carbocycles. The highest BCUT2D eigenvalue weighted by atomic mass is 32.1. The Kier molecular flexibility index (Phi) is 3.98. The van der Waals surface area contributed by atoms with Crippen LogP contribution in [0.5, 0.6) is 0 Å². The van der Waals surface area contributed by atoms with Gasteiger partial charge in [0.05, 0.1) is 11.9 Å². The molecule has 2 aromatic rings. The summed E-state index contributed by atoms with van der Waals surface area (Å²) in [6, 6.07) is 0. The van der Waals surface area contributed by atoms with Crippen LogP contribution in [0.25, 0.3) is 10.7 Å². The number of nitrogens with zero attached hydrogens (tertiary/aromatic N) is 4. The Morgan fingerprint density at radius 3 is 3.00 bits per heavy atom. The summed E-state index contributed by atoms with van der Waals surface area (Å²) >= 11 is 1.48. The Labute approximate surface area is 131 Å². The molecular formula is C14H14N6OS. The van der Waals surface area contributed by atoms with Crippen molar-refractivity contribution in [3.63, 3.8) is 0 Å². The number of terminal acetylenes is 1. The number of hydrogen-bond donors (Lipinski definition) is 2. The molecule has 112 valence electrons. The fraction of sp³-hybridized carbons (Fsp3) is 0.357. The van der Waals surface area contributed by atoms with E-state index in [2.05, 4.69) is 36.6 Å². The molecule has 0 saturated heterocycles. The largest absolute Gasteiger partial charge is 0.323 e. The van der Waals surface area contributed by atoms with E-state index >= 15 is 0 Å². The Bertz CT molecular complexity index is 721. The van der Waals surface area contributed by atoms with E-state index in [1.54, 1.807) is 12.4 Å². The first-order chi connectivity index (χ1) is 10.7. The first-order valence-electron chi connectivity index (χ1n) is 6.83. The fourth-order valence-corrected chi connectivity index (χ4v) is 2.73. The Hall–Kier alpha value is -2.53. The molecule has 0 saturated carbocycles. The molecule has 0 spiro atoms. The zero-order chi connectivity index (χ0) is 15.4. The molecule has 2 N–H and O–H groups in total. The molecule has 0 aliphatic carbocycles. The number of carbonyl (C=O) groups is 1. The first-order valence-corrected chi connectivity index (χ1v) is 7.71. The quantitative estimate of drug-likeness (QED) is 0.769. The third-order valence-corrected chi connectivity index (χ3v) is 4.16. The van der Waals surface area contributed by atoms with E-state index in [1.165, 1.54) is 11.3 Å². The van der Waals surface area contributed by atoms with Crippen LogP contribution in [0.1, 0.15) is 25.7 Å². The molecule has 3 heterocycles. The second-order valence-electron chi connectivity index (χ2n) is 4.93. The number of nitrogens with one attached hydrogen (secondary N) is 2. The molecule has 1 aliphatic heterocycles. The highest BCUT2D eigenvalue weighted by molar-refractivity contribution is 7.13. The topological polar surface area (TPSA) is 95.4 Å². The molecule has 2 aromatic heterocycles. The summed E-state index contributed by atoms with van der Waals surface area (Å²) in [4.78, 5) is 16.3. The second kappa shape index (κ2) is 6.07. The van der Waals surface area contributed by atoms with E-state index in [1.807, 2.05) is 5.38 Å². The predicted molar refractivity (Wildman–Crippen MR) is 83.2 cm³/mol. The number of rotatable bonds is 7. The summed E-state index contributed by atoms with van der Waals surface area (Å²) in [6.45, 7) is 0. The number of carbonyl (C=O) groups excluding carboxylic acids is 1. The number of aromatic nitrogens is 3. The van der Waals surface area contributed by atoms with Gasteiger partial charge in [-0.2, -0.15) is 15.3 Å². The number of thiazole rings is 1. The van der Waals surface area contributed by atoms with Gasteiger partial charge < -0.3 is 5.32 Å². The minimum absolute atomic E-state index is 0.100. The Morgan fingerprint density at radius 2 is 2.32 bits per heavy atom. The number of H-pyrrole nitrogens is 1. The average Bonchev–Trinajstić information content (AvgIpc) is 2.92. The Balaban J connectivity index is 1.55. The number of amides is 1. The SMILES string of the molecule is C#CCCC1(CCC(=O)Nc2cn[nH]c2-c2nccs2)N=N1. The third kappa shape index (κ3) is 3.20. The smallest absolute Gasteiger partial charge is 0.224 e. The summed E-state index contributed by atoms with van der Waals surface area (Å²) in [7, 11) is 0. The molecule has 0 unspecified atom stereocenters. The monoisotopic (exact) mass is 314 g/mol. The lowest BCUT2D eigenvalue weighted by molar-refractivity contribution is -0.116. The molecule has 0 fully saturated rings. The maximum Gasteiger partial charge on any atom is 0.224 e. The van der Waals surface area contributed by atoms with Crippen LogP contribution in [0.3, 0.4) is 0 Å². The van der Waals surface area contributed by atoms with Gasteiger partial charge in [0.25, 0.3) is 0 Å². The van der Waals surface area contributed by atoms with Gasteiger partial charge in [-0.25, -0.2) is 4.98 Å². The van der Waals surface area contributed by atoms with Crippen LogP contribution < -0.4 is 5.32 Å². The van der Waals surface area contributed by atoms with Gasteiger partial charge in [-0.05, 0) is 0 Å². The van der Waals surface area contributed by atoms with Crippen LogP contribution in [0.4, 0.5) is 5.69 Å². The maximum absolute atomic E-state index is 12.1. The number of hydrogen-bond acceptors (Lipinski definition) is 6. The van der Waals surface area contributed by atoms with Crippen molar-refractivity contribution in [1.82, 2.24) is 15.2 Å². The normalized spacial score (nSPS) is 14.5. The molecule has 0 atom stereocenters. The van der Waals surface area contributed by atoms with Crippen LogP contribution >= 0.6 is 11.3 Å². The molecule has 0 radical (unpaired) electrons. The van der Waals surface area contributed by atoms with Gasteiger partial charge in [-0.15, -0.1) is 23.7 Å². The summed E-state index contributed by atoms with van der Waals surface area (Å²) < 4.78 is 0. The molecule has 22 heavy (non-hydrogen) atoms. The van der Waals surface area contributed by atoms with Crippen LogP contribution in [0.15, 0.2) is 28.0 Å². The van der Waals surface area contributed by atoms with E-state index in [9.17, 15) is 4.79 Å². The van der Waals surface area contributed by atoms with Gasteiger partial charge in [0, 0.05) is 37.3 Å². The lowest BCUT2D eigenvalue weighted by Crippen LogP contribution is -2.17. The van der Waals surface area contributed by atoms with Gasteiger partial charge in [-0.1, -0.05) is 0 Å². The van der Waals surface area contributed by atoms with Gasteiger partial charge in [-0.3, -0.25) is 9.89 Å². The summed E-state index contributed by atoms with van der Waals surface area (Å²) in [5.41, 5.74) is 0.909. The van der Waals surface area contributed by atoms with Gasteiger partial charge in [0.1, 0.15) is 10.7 Å². The van der Waals surface area contributed by atoms with Crippen molar-refractivity contribution in [3.05, 3.63) is 17.8 Å². The standard InChI is InChI=1S/C14H14N6OS/c1-2-3-5-14(19-20-14)6-4-11(21)17-10-9-16-18-12(10)13-15-7-8-22-13/h1,7-9H,3-6H2,(H,16,18)(H,17,21). The van der Waals surface area contributed by atoms with E-state index in [0.29, 0.717) is 37.1 Å². The lowest BCUT2D eigenvalue weighted by Gasteiger charge is -2.08. The molecule has 1 aliphatic rings. The Morgan fingerprint density at radius 1 is 1.45 bits per heavy atom. The minimum atomic E-state index is -0.432. The minimum Gasteiger partial charge on any atom is -0.323 e. The molecule has 3 rings (SSSR count). The fourth-order valence-electron chi connectivity index (χ4n) is 2.09. The summed E-state index contributed by atoms with van der Waals surface area (Å²) in [5, 5.41) is 20.3. The van der Waals surface area contributed by atoms with Crippen LogP contribution in [0.2, 0.25) is 0 Å². The molecule has 0 bridgehead atoms. The van der Waals surface area contributed by atoms with Gasteiger partial charge in [0.2, 0.25) is 5.91 Å². The van der Waals surface area contributed by atoms with Crippen LogP contribution in [0, 0.1) is 12.3 Å². The second-order valence-corrected chi connectivity index (χ2v) is 5.83. The van der Waals surface area contributed by atoms with E-state index in [-0.39, 0.29) is 5.91 Å². The molecule has 7 nitrogen and oxygen atoms in total. The van der Waals surface area contributed by atoms with Gasteiger partial charge >= 0.3 is 0 Å². The molecule has 8 heteroatoms. The average molecular weight is 314 g/mol. The van der Waals surface area contributed by atoms with Crippen molar-refractivity contribution in [2.75, 3.05) is 5.32 Å². The van der Waals surface area contributed by atoms with Crippen molar-refractivity contribution in [2.45, 2.75) is 31.3 Å². The number of anilines is 1. The third-order valence-electron chi connectivity index (χ3n) is 3.36. The van der Waals surface area contributed by atoms with Crippen molar-refractivity contribution in [2.24, 2.45) is 10.2 Å². The highest BCUT2D eigenvalue weighted by Crippen LogP contribution is 2.37. The van der Waals surface area contributed by atoms with Crippen molar-refractivity contribution in [3.8, 4) is 23.0 Å². The first kappa shape index (κ1) is 14.4. The van der Waals surface area contributed by atoms with E-state index in [4.69, 9.17) is 6.42 Å². The van der Waals surface area contributed by atoms with Crippen LogP contribution in [-0.2, 0) is 4.79 Å². The molecule has 1 amide bonds. The highest BCUT2D eigenvalue weighted by Gasteiger charge is 2.39. The van der Waals surface area contributed by atoms with Crippen molar-refractivity contribution < 1.29 is 4.79 Å². The van der Waals surface area contributed by atoms with Crippen molar-refractivity contribution in [1.29, 1.82) is 0 Å². The van der Waals surface area contributed by atoms with E-state index in [0.717, 1.165) is 5.01 Å². The zero-order valence-electron chi connectivity index (χ0n) is 11.7. The van der Waals surface area contributed by atoms with Crippen LogP contribution in [-0.4, -0.2) is 26.8 Å². The summed E-state index contributed by atoms with van der Waals surface area (Å²) in [5.74, 6) is 2.47. The van der Waals surface area contributed by atoms with E-state index < -0.39 is 5.66 Å². The lowest BCUT2D eigenvalue weighted by atomic mass is 10.0. The predicted octanol–water partition coefficient (Wildman–Crippen LogP) is 2.83. The summed E-state index contributed by atoms with van der Waals surface area (Å²) in [6.07, 6.45) is 10.8.